The van der Waals surface area contributed by atoms with Crippen molar-refractivity contribution in [3.05, 3.63) is 18.7 Å². The van der Waals surface area contributed by atoms with Crippen LogP contribution in [0.5, 0.6) is 0 Å². The molecule has 0 atom stereocenters. The Hall–Kier alpha value is -0.880. The molecule has 1 aromatic rings. The third-order valence-electron chi connectivity index (χ3n) is 2.33. The summed E-state index contributed by atoms with van der Waals surface area (Å²) in [7, 11) is -3.10. The third kappa shape index (κ3) is 4.32. The summed E-state index contributed by atoms with van der Waals surface area (Å²) in [5.41, 5.74) is 0. The highest BCUT2D eigenvalue weighted by Crippen LogP contribution is 1.98. The summed E-state index contributed by atoms with van der Waals surface area (Å²) >= 11 is 0. The number of hydrogen-bond acceptors (Lipinski definition) is 3. The number of sulfonamides is 1. The Balaban J connectivity index is 2.13. The van der Waals surface area contributed by atoms with E-state index in [1.807, 2.05) is 10.8 Å². The summed E-state index contributed by atoms with van der Waals surface area (Å²) in [4.78, 5) is 3.93. The molecule has 1 heterocycles. The van der Waals surface area contributed by atoms with Crippen LogP contribution in [0.3, 0.4) is 0 Å². The second kappa shape index (κ2) is 6.00. The summed E-state index contributed by atoms with van der Waals surface area (Å²) in [5, 5.41) is -0.360. The zero-order valence-corrected chi connectivity index (χ0v) is 10.6. The molecule has 1 N–H and O–H groups in total. The Morgan fingerprint density at radius 2 is 2.12 bits per heavy atom. The highest BCUT2D eigenvalue weighted by molar-refractivity contribution is 7.90. The number of aryl methyl sites for hydroxylation is 1. The molecule has 0 fully saturated rings. The molecule has 0 bridgehead atoms. The van der Waals surface area contributed by atoms with E-state index in [1.54, 1.807) is 26.4 Å². The molecular formula is C10H19N3O2S. The van der Waals surface area contributed by atoms with Crippen molar-refractivity contribution in [2.45, 2.75) is 38.5 Å². The first kappa shape index (κ1) is 13.2. The third-order valence-corrected chi connectivity index (χ3v) is 4.17. The summed E-state index contributed by atoms with van der Waals surface area (Å²) < 4.78 is 27.4. The average Bonchev–Trinajstić information content (AvgIpc) is 2.69. The molecule has 0 spiro atoms. The Morgan fingerprint density at radius 3 is 2.69 bits per heavy atom. The van der Waals surface area contributed by atoms with Crippen molar-refractivity contribution in [2.75, 3.05) is 6.54 Å². The fourth-order valence-corrected chi connectivity index (χ4v) is 1.98. The largest absolute Gasteiger partial charge is 0.337 e. The van der Waals surface area contributed by atoms with Crippen LogP contribution in [0.15, 0.2) is 18.7 Å². The number of nitrogens with one attached hydrogen (secondary N) is 1. The van der Waals surface area contributed by atoms with Gasteiger partial charge >= 0.3 is 0 Å². The lowest BCUT2D eigenvalue weighted by Gasteiger charge is -2.09. The number of imidazole rings is 1. The van der Waals surface area contributed by atoms with Gasteiger partial charge in [-0.25, -0.2) is 18.1 Å². The van der Waals surface area contributed by atoms with Gasteiger partial charge in [0, 0.05) is 25.5 Å². The van der Waals surface area contributed by atoms with E-state index in [9.17, 15) is 8.42 Å². The van der Waals surface area contributed by atoms with E-state index in [1.165, 1.54) is 0 Å². The van der Waals surface area contributed by atoms with Crippen LogP contribution in [-0.4, -0.2) is 29.8 Å². The first-order valence-corrected chi connectivity index (χ1v) is 7.01. The van der Waals surface area contributed by atoms with Gasteiger partial charge in [-0.05, 0) is 26.7 Å². The fraction of sp³-hybridized carbons (Fsp3) is 0.700. The van der Waals surface area contributed by atoms with Crippen LogP contribution < -0.4 is 4.72 Å². The van der Waals surface area contributed by atoms with E-state index >= 15 is 0 Å². The molecule has 0 aliphatic heterocycles. The topological polar surface area (TPSA) is 64.0 Å². The zero-order valence-electron chi connectivity index (χ0n) is 9.76. The van der Waals surface area contributed by atoms with Gasteiger partial charge in [0.2, 0.25) is 10.0 Å². The molecule has 6 heteroatoms. The Kier molecular flexibility index (Phi) is 4.95. The van der Waals surface area contributed by atoms with Gasteiger partial charge < -0.3 is 4.57 Å². The highest BCUT2D eigenvalue weighted by atomic mass is 32.2. The second-order valence-electron chi connectivity index (χ2n) is 4.00. The number of hydrogen-bond donors (Lipinski definition) is 1. The van der Waals surface area contributed by atoms with E-state index in [-0.39, 0.29) is 5.25 Å². The van der Waals surface area contributed by atoms with Gasteiger partial charge in [0.1, 0.15) is 0 Å². The van der Waals surface area contributed by atoms with Gasteiger partial charge in [0.15, 0.2) is 0 Å². The van der Waals surface area contributed by atoms with E-state index in [4.69, 9.17) is 0 Å². The molecule has 1 rings (SSSR count). The number of rotatable bonds is 7. The van der Waals surface area contributed by atoms with Crippen LogP contribution in [0.2, 0.25) is 0 Å². The normalized spacial score (nSPS) is 12.2. The smallest absolute Gasteiger partial charge is 0.213 e. The molecular weight excluding hydrogens is 226 g/mol. The molecule has 0 saturated carbocycles. The number of unbranched alkanes of at least 4 members (excludes halogenated alkanes) is 1. The monoisotopic (exact) mass is 245 g/mol. The average molecular weight is 245 g/mol. The van der Waals surface area contributed by atoms with Gasteiger partial charge in [-0.1, -0.05) is 0 Å². The molecule has 1 aromatic heterocycles. The fourth-order valence-electron chi connectivity index (χ4n) is 1.22. The second-order valence-corrected chi connectivity index (χ2v) is 6.32. The summed E-state index contributed by atoms with van der Waals surface area (Å²) in [6, 6.07) is 0. The molecule has 92 valence electrons. The predicted molar refractivity (Wildman–Crippen MR) is 63.5 cm³/mol. The molecule has 0 unspecified atom stereocenters. The summed E-state index contributed by atoms with van der Waals surface area (Å²) in [6.07, 6.45) is 7.18. The van der Waals surface area contributed by atoms with Gasteiger partial charge in [-0.2, -0.15) is 0 Å². The van der Waals surface area contributed by atoms with Gasteiger partial charge in [0.05, 0.1) is 11.6 Å². The molecule has 0 saturated heterocycles. The van der Waals surface area contributed by atoms with E-state index in [0.29, 0.717) is 6.54 Å². The van der Waals surface area contributed by atoms with Crippen molar-refractivity contribution in [3.63, 3.8) is 0 Å². The maximum absolute atomic E-state index is 11.4. The van der Waals surface area contributed by atoms with Crippen LogP contribution in [0.4, 0.5) is 0 Å². The first-order chi connectivity index (χ1) is 7.52. The maximum atomic E-state index is 11.4. The highest BCUT2D eigenvalue weighted by Gasteiger charge is 2.13. The van der Waals surface area contributed by atoms with Crippen molar-refractivity contribution in [3.8, 4) is 0 Å². The van der Waals surface area contributed by atoms with Gasteiger partial charge in [0.25, 0.3) is 0 Å². The van der Waals surface area contributed by atoms with Crippen LogP contribution >= 0.6 is 0 Å². The maximum Gasteiger partial charge on any atom is 0.213 e. The van der Waals surface area contributed by atoms with Crippen LogP contribution in [-0.2, 0) is 16.6 Å². The SMILES string of the molecule is CC(C)S(=O)(=O)NCCCCn1ccnc1. The number of nitrogens with zero attached hydrogens (tertiary/aromatic N) is 2. The first-order valence-electron chi connectivity index (χ1n) is 5.46. The van der Waals surface area contributed by atoms with Crippen molar-refractivity contribution in [1.82, 2.24) is 14.3 Å². The summed E-state index contributed by atoms with van der Waals surface area (Å²) in [6.45, 7) is 4.74. The minimum absolute atomic E-state index is 0.360. The molecule has 16 heavy (non-hydrogen) atoms. The standard InChI is InChI=1S/C10H19N3O2S/c1-10(2)16(14,15)12-5-3-4-7-13-8-6-11-9-13/h6,8-10,12H,3-5,7H2,1-2H3. The molecule has 0 aliphatic carbocycles. The number of aromatic nitrogens is 2. The van der Waals surface area contributed by atoms with Crippen LogP contribution in [0.25, 0.3) is 0 Å². The zero-order chi connectivity index (χ0) is 12.0. The molecule has 0 aliphatic rings. The molecule has 0 radical (unpaired) electrons. The lowest BCUT2D eigenvalue weighted by molar-refractivity contribution is 0.559. The molecule has 5 nitrogen and oxygen atoms in total. The quantitative estimate of drug-likeness (QED) is 0.729. The van der Waals surface area contributed by atoms with Gasteiger partial charge in [-0.15, -0.1) is 0 Å². The Bertz CT molecular complexity index is 384. The van der Waals surface area contributed by atoms with Crippen LogP contribution in [0.1, 0.15) is 26.7 Å². The lowest BCUT2D eigenvalue weighted by atomic mass is 10.3. The van der Waals surface area contributed by atoms with Crippen molar-refractivity contribution >= 4 is 10.0 Å². The van der Waals surface area contributed by atoms with Crippen molar-refractivity contribution in [1.29, 1.82) is 0 Å². The Labute approximate surface area is 96.9 Å². The lowest BCUT2D eigenvalue weighted by Crippen LogP contribution is -2.31. The molecule has 0 amide bonds. The van der Waals surface area contributed by atoms with Gasteiger partial charge in [-0.3, -0.25) is 0 Å². The van der Waals surface area contributed by atoms with Crippen molar-refractivity contribution in [2.24, 2.45) is 0 Å². The van der Waals surface area contributed by atoms with Crippen molar-refractivity contribution < 1.29 is 8.42 Å². The summed E-state index contributed by atoms with van der Waals surface area (Å²) in [5.74, 6) is 0. The minimum atomic E-state index is -3.10. The van der Waals surface area contributed by atoms with E-state index in [0.717, 1.165) is 19.4 Å². The minimum Gasteiger partial charge on any atom is -0.337 e. The van der Waals surface area contributed by atoms with E-state index < -0.39 is 10.0 Å². The van der Waals surface area contributed by atoms with Crippen LogP contribution in [0, 0.1) is 0 Å². The van der Waals surface area contributed by atoms with E-state index in [2.05, 4.69) is 9.71 Å². The predicted octanol–water partition coefficient (Wildman–Crippen LogP) is 0.991. The molecule has 0 aromatic carbocycles. The Morgan fingerprint density at radius 1 is 1.38 bits per heavy atom.